The van der Waals surface area contributed by atoms with Crippen molar-refractivity contribution in [3.8, 4) is 5.75 Å². The molecule has 0 spiro atoms. The number of benzene rings is 1. The van der Waals surface area contributed by atoms with Crippen LogP contribution in [-0.2, 0) is 23.4 Å². The summed E-state index contributed by atoms with van der Waals surface area (Å²) in [5.74, 6) is -0.232. The van der Waals surface area contributed by atoms with E-state index in [1.165, 1.54) is 13.3 Å². The van der Waals surface area contributed by atoms with Crippen LogP contribution in [0.3, 0.4) is 0 Å². The molecule has 0 amide bonds. The Morgan fingerprint density at radius 2 is 2.05 bits per heavy atom. The lowest BCUT2D eigenvalue weighted by atomic mass is 10.2. The van der Waals surface area contributed by atoms with Gasteiger partial charge in [-0.05, 0) is 32.9 Å². The second kappa shape index (κ2) is 11.8. The number of rotatable bonds is 10. The summed E-state index contributed by atoms with van der Waals surface area (Å²) in [4.78, 5) is 31.6. The monoisotopic (exact) mass is 552 g/mol. The van der Waals surface area contributed by atoms with Gasteiger partial charge in [0.15, 0.2) is 5.65 Å². The smallest absolute Gasteiger partial charge is 0.327 e. The molecule has 200 valence electrons. The number of carbonyl (C=O) groups is 1. The zero-order valence-corrected chi connectivity index (χ0v) is 22.3. The van der Waals surface area contributed by atoms with Crippen LogP contribution in [0.25, 0.3) is 11.2 Å². The second-order valence-electron chi connectivity index (χ2n) is 8.63. The first-order chi connectivity index (χ1) is 17.6. The van der Waals surface area contributed by atoms with Crippen LogP contribution in [0.15, 0.2) is 41.7 Å². The second-order valence-corrected chi connectivity index (χ2v) is 10.3. The van der Waals surface area contributed by atoms with Crippen molar-refractivity contribution in [1.29, 1.82) is 0 Å². The summed E-state index contributed by atoms with van der Waals surface area (Å²) >= 11 is 4.27. The van der Waals surface area contributed by atoms with E-state index in [1.807, 2.05) is 0 Å². The summed E-state index contributed by atoms with van der Waals surface area (Å²) in [6.45, 7) is 4.70. The van der Waals surface area contributed by atoms with Crippen molar-refractivity contribution >= 4 is 43.9 Å². The van der Waals surface area contributed by atoms with Crippen molar-refractivity contribution in [2.75, 3.05) is 12.3 Å². The molecule has 5 atom stereocenters. The highest BCUT2D eigenvalue weighted by Gasteiger charge is 2.38. The molecule has 3 aromatic rings. The zero-order chi connectivity index (χ0) is 26.7. The molecular formula is C22H29N6O7PS. The molecule has 0 aliphatic carbocycles. The molecule has 4 rings (SSSR count). The molecule has 1 saturated heterocycles. The topological polar surface area (TPSA) is 164 Å². The summed E-state index contributed by atoms with van der Waals surface area (Å²) in [5, 5.41) is 10.9. The SMILES string of the molecule is CC(C)OC(=O)C(C)N(Oc1ccccc1)[PH](=O)OCC1OC(n2cnc3c(S)nc(N)nc32)CC1O. The van der Waals surface area contributed by atoms with Crippen molar-refractivity contribution in [2.45, 2.75) is 62.8 Å². The fourth-order valence-electron chi connectivity index (χ4n) is 3.68. The number of hydrogen-bond donors (Lipinski definition) is 3. The standard InChI is InChI=1S/C22H29N6O7PS/c1-12(2)33-21(30)13(3)28(35-14-7-5-4-6-8-14)36(31)32-10-16-15(29)9-17(34-16)27-11-24-18-19(27)25-22(23)26-20(18)37/h4-8,11-13,15-17,29,36H,9-10H2,1-3H3,(H3,23,25,26,37). The van der Waals surface area contributed by atoms with E-state index < -0.39 is 38.6 Å². The number of thiol groups is 1. The van der Waals surface area contributed by atoms with Crippen LogP contribution in [0, 0.1) is 0 Å². The van der Waals surface area contributed by atoms with Gasteiger partial charge in [0.25, 0.3) is 8.18 Å². The third kappa shape index (κ3) is 6.40. The molecule has 2 aromatic heterocycles. The van der Waals surface area contributed by atoms with Crippen molar-refractivity contribution in [3.63, 3.8) is 0 Å². The number of carbonyl (C=O) groups excluding carboxylic acids is 1. The van der Waals surface area contributed by atoms with Gasteiger partial charge in [-0.25, -0.2) is 9.97 Å². The molecule has 1 aromatic carbocycles. The Hall–Kier alpha value is -2.74. The Bertz CT molecular complexity index is 1260. The molecule has 15 heteroatoms. The van der Waals surface area contributed by atoms with Gasteiger partial charge >= 0.3 is 5.97 Å². The van der Waals surface area contributed by atoms with Gasteiger partial charge < -0.3 is 29.7 Å². The fourth-order valence-corrected chi connectivity index (χ4v) is 4.97. The minimum absolute atomic E-state index is 0.0277. The molecule has 0 radical (unpaired) electrons. The lowest BCUT2D eigenvalue weighted by Crippen LogP contribution is -2.39. The summed E-state index contributed by atoms with van der Waals surface area (Å²) in [7, 11) is -3.13. The highest BCUT2D eigenvalue weighted by molar-refractivity contribution is 7.80. The van der Waals surface area contributed by atoms with Gasteiger partial charge in [-0.2, -0.15) is 4.98 Å². The molecule has 0 bridgehead atoms. The maximum absolute atomic E-state index is 13.2. The van der Waals surface area contributed by atoms with E-state index >= 15 is 0 Å². The minimum Gasteiger partial charge on any atom is -0.462 e. The Morgan fingerprint density at radius 1 is 1.32 bits per heavy atom. The van der Waals surface area contributed by atoms with Gasteiger partial charge in [0, 0.05) is 6.42 Å². The number of esters is 1. The number of imidazole rings is 1. The summed E-state index contributed by atoms with van der Waals surface area (Å²) in [5.41, 5.74) is 6.59. The van der Waals surface area contributed by atoms with Crippen molar-refractivity contribution in [2.24, 2.45) is 0 Å². The van der Waals surface area contributed by atoms with Crippen molar-refractivity contribution < 1.29 is 33.3 Å². The average Bonchev–Trinajstić information content (AvgIpc) is 3.44. The van der Waals surface area contributed by atoms with Gasteiger partial charge in [-0.3, -0.25) is 13.9 Å². The maximum atomic E-state index is 13.2. The first-order valence-electron chi connectivity index (χ1n) is 11.6. The Morgan fingerprint density at radius 3 is 2.76 bits per heavy atom. The highest BCUT2D eigenvalue weighted by Crippen LogP contribution is 2.37. The third-order valence-corrected chi connectivity index (χ3v) is 7.04. The predicted molar refractivity (Wildman–Crippen MR) is 136 cm³/mol. The maximum Gasteiger partial charge on any atom is 0.327 e. The van der Waals surface area contributed by atoms with Crippen molar-refractivity contribution in [1.82, 2.24) is 24.4 Å². The van der Waals surface area contributed by atoms with E-state index in [-0.39, 0.29) is 25.1 Å². The Kier molecular flexibility index (Phi) is 8.67. The number of ether oxygens (including phenoxy) is 2. The Labute approximate surface area is 219 Å². The van der Waals surface area contributed by atoms with Crippen LogP contribution >= 0.6 is 20.8 Å². The summed E-state index contributed by atoms with van der Waals surface area (Å²) in [6, 6.07) is 7.54. The number of nitrogen functional groups attached to an aromatic ring is 1. The molecular weight excluding hydrogens is 523 g/mol. The number of aliphatic hydroxyl groups excluding tert-OH is 1. The van der Waals surface area contributed by atoms with Crippen LogP contribution in [-0.4, -0.2) is 66.4 Å². The van der Waals surface area contributed by atoms with Gasteiger partial charge in [-0.1, -0.05) is 23.0 Å². The van der Waals surface area contributed by atoms with E-state index in [2.05, 4.69) is 27.6 Å². The normalized spacial score (nSPS) is 21.4. The number of nitrogens with two attached hydrogens (primary N) is 1. The molecule has 0 saturated carbocycles. The van der Waals surface area contributed by atoms with Gasteiger partial charge in [0.2, 0.25) is 5.95 Å². The molecule has 5 unspecified atom stereocenters. The van der Waals surface area contributed by atoms with Crippen LogP contribution in [0.4, 0.5) is 5.95 Å². The zero-order valence-electron chi connectivity index (χ0n) is 20.4. The van der Waals surface area contributed by atoms with E-state index in [0.717, 1.165) is 4.83 Å². The van der Waals surface area contributed by atoms with E-state index in [4.69, 9.17) is 24.6 Å². The molecule has 1 fully saturated rings. The number of para-hydroxylation sites is 1. The fraction of sp³-hybridized carbons (Fsp3) is 0.455. The molecule has 37 heavy (non-hydrogen) atoms. The highest BCUT2D eigenvalue weighted by atomic mass is 32.1. The lowest BCUT2D eigenvalue weighted by Gasteiger charge is -2.27. The number of hydroxylamine groups is 1. The summed E-state index contributed by atoms with van der Waals surface area (Å²) in [6.07, 6.45) is -1.04. The molecule has 13 nitrogen and oxygen atoms in total. The van der Waals surface area contributed by atoms with E-state index in [9.17, 15) is 14.5 Å². The number of fused-ring (bicyclic) bond motifs is 1. The first kappa shape index (κ1) is 27.3. The van der Waals surface area contributed by atoms with Gasteiger partial charge in [0.1, 0.15) is 34.7 Å². The molecule has 3 N–H and O–H groups in total. The number of aromatic nitrogens is 4. The van der Waals surface area contributed by atoms with Crippen LogP contribution in [0.1, 0.15) is 33.4 Å². The number of aliphatic hydroxyl groups is 1. The number of hydrogen-bond acceptors (Lipinski definition) is 12. The Balaban J connectivity index is 1.44. The number of anilines is 1. The minimum atomic E-state index is -3.13. The predicted octanol–water partition coefficient (Wildman–Crippen LogP) is 2.39. The molecule has 1 aliphatic heterocycles. The molecule has 3 heterocycles. The van der Waals surface area contributed by atoms with Gasteiger partial charge in [0.05, 0.1) is 25.1 Å². The lowest BCUT2D eigenvalue weighted by molar-refractivity contribution is -0.159. The first-order valence-corrected chi connectivity index (χ1v) is 13.3. The average molecular weight is 553 g/mol. The van der Waals surface area contributed by atoms with Crippen LogP contribution in [0.5, 0.6) is 5.75 Å². The quantitative estimate of drug-likeness (QED) is 0.111. The summed E-state index contributed by atoms with van der Waals surface area (Å²) < 4.78 is 31.6. The number of nitrogens with zero attached hydrogens (tertiary/aromatic N) is 5. The van der Waals surface area contributed by atoms with E-state index in [0.29, 0.717) is 21.9 Å². The van der Waals surface area contributed by atoms with Crippen molar-refractivity contribution in [3.05, 3.63) is 36.7 Å². The largest absolute Gasteiger partial charge is 0.462 e. The van der Waals surface area contributed by atoms with E-state index in [1.54, 1.807) is 48.7 Å². The van der Waals surface area contributed by atoms with Crippen LogP contribution in [0.2, 0.25) is 0 Å². The third-order valence-electron chi connectivity index (χ3n) is 5.48. The molecule has 1 aliphatic rings. The van der Waals surface area contributed by atoms with Gasteiger partial charge in [-0.15, -0.1) is 12.6 Å². The van der Waals surface area contributed by atoms with Crippen LogP contribution < -0.4 is 10.6 Å².